The van der Waals surface area contributed by atoms with Crippen molar-refractivity contribution in [3.63, 3.8) is 0 Å². The molecule has 1 rings (SSSR count). The molecule has 2 nitrogen and oxygen atoms in total. The zero-order valence-corrected chi connectivity index (χ0v) is 12.9. The summed E-state index contributed by atoms with van der Waals surface area (Å²) in [5.74, 6) is 1.73. The number of hydrogen-bond acceptors (Lipinski definition) is 2. The third-order valence-corrected chi connectivity index (χ3v) is 3.13. The quantitative estimate of drug-likeness (QED) is 0.679. The number of nitrogens with one attached hydrogen (secondary N) is 1. The van der Waals surface area contributed by atoms with Gasteiger partial charge < -0.3 is 10.1 Å². The lowest BCUT2D eigenvalue weighted by Gasteiger charge is -2.16. The predicted octanol–water partition coefficient (Wildman–Crippen LogP) is 4.04. The second kappa shape index (κ2) is 8.98. The molecule has 0 amide bonds. The summed E-state index contributed by atoms with van der Waals surface area (Å²) in [7, 11) is 0. The first kappa shape index (κ1) is 16.0. The van der Waals surface area contributed by atoms with E-state index in [2.05, 4.69) is 57.3 Å². The second-order valence-corrected chi connectivity index (χ2v) is 5.71. The van der Waals surface area contributed by atoms with Gasteiger partial charge in [0.15, 0.2) is 0 Å². The van der Waals surface area contributed by atoms with Crippen LogP contribution in [0.4, 0.5) is 0 Å². The van der Waals surface area contributed by atoms with Crippen molar-refractivity contribution in [1.29, 1.82) is 0 Å². The smallest absolute Gasteiger partial charge is 0.119 e. The van der Waals surface area contributed by atoms with Crippen LogP contribution in [0.2, 0.25) is 0 Å². The number of hydrogen-bond donors (Lipinski definition) is 1. The summed E-state index contributed by atoms with van der Waals surface area (Å²) in [6.07, 6.45) is 3.77. The van der Waals surface area contributed by atoms with Crippen molar-refractivity contribution in [3.05, 3.63) is 29.8 Å². The van der Waals surface area contributed by atoms with Gasteiger partial charge in [-0.15, -0.1) is 0 Å². The highest BCUT2D eigenvalue weighted by Gasteiger charge is 2.04. The van der Waals surface area contributed by atoms with Crippen LogP contribution in [0.3, 0.4) is 0 Å². The van der Waals surface area contributed by atoms with Gasteiger partial charge in [-0.05, 0) is 49.9 Å². The Bertz CT molecular complexity index is 332. The monoisotopic (exact) mass is 263 g/mol. The molecule has 0 heterocycles. The highest BCUT2D eigenvalue weighted by molar-refractivity contribution is 5.27. The minimum atomic E-state index is 0.212. The Hall–Kier alpha value is -1.02. The molecule has 1 atom stereocenters. The van der Waals surface area contributed by atoms with E-state index in [1.807, 2.05) is 0 Å². The van der Waals surface area contributed by atoms with E-state index in [-0.39, 0.29) is 6.10 Å². The Morgan fingerprint density at radius 2 is 1.79 bits per heavy atom. The van der Waals surface area contributed by atoms with E-state index in [0.29, 0.717) is 0 Å². The third kappa shape index (κ3) is 7.22. The molecule has 0 saturated heterocycles. The number of ether oxygens (including phenoxy) is 1. The molecule has 0 bridgehead atoms. The van der Waals surface area contributed by atoms with Gasteiger partial charge in [-0.2, -0.15) is 0 Å². The van der Waals surface area contributed by atoms with Gasteiger partial charge in [-0.1, -0.05) is 39.3 Å². The van der Waals surface area contributed by atoms with E-state index in [9.17, 15) is 0 Å². The van der Waals surface area contributed by atoms with Crippen LogP contribution in [0, 0.1) is 5.92 Å². The van der Waals surface area contributed by atoms with E-state index in [0.717, 1.165) is 31.2 Å². The molecule has 0 fully saturated rings. The van der Waals surface area contributed by atoms with Crippen molar-refractivity contribution in [3.8, 4) is 5.75 Å². The molecule has 0 aliphatic rings. The summed E-state index contributed by atoms with van der Waals surface area (Å²) in [4.78, 5) is 0. The first-order valence-electron chi connectivity index (χ1n) is 7.58. The van der Waals surface area contributed by atoms with E-state index in [4.69, 9.17) is 4.74 Å². The third-order valence-electron chi connectivity index (χ3n) is 3.13. The number of rotatable bonds is 9. The van der Waals surface area contributed by atoms with Crippen LogP contribution in [-0.2, 0) is 6.42 Å². The lowest BCUT2D eigenvalue weighted by molar-refractivity contribution is 0.216. The maximum Gasteiger partial charge on any atom is 0.119 e. The van der Waals surface area contributed by atoms with Gasteiger partial charge >= 0.3 is 0 Å². The molecule has 0 saturated carbocycles. The molecule has 108 valence electrons. The molecule has 1 N–H and O–H groups in total. The molecule has 0 radical (unpaired) electrons. The maximum absolute atomic E-state index is 5.89. The molecule has 2 heteroatoms. The van der Waals surface area contributed by atoms with E-state index < -0.39 is 0 Å². The summed E-state index contributed by atoms with van der Waals surface area (Å²) in [5.41, 5.74) is 1.39. The molecule has 1 aromatic rings. The van der Waals surface area contributed by atoms with Gasteiger partial charge in [0.2, 0.25) is 0 Å². The first-order valence-corrected chi connectivity index (χ1v) is 7.58. The van der Waals surface area contributed by atoms with Gasteiger partial charge in [-0.3, -0.25) is 0 Å². The fourth-order valence-corrected chi connectivity index (χ4v) is 1.99. The van der Waals surface area contributed by atoms with Crippen LogP contribution in [-0.4, -0.2) is 19.2 Å². The Labute approximate surface area is 118 Å². The summed E-state index contributed by atoms with van der Waals surface area (Å²) in [5, 5.41) is 3.44. The molecular weight excluding hydrogens is 234 g/mol. The molecule has 1 aromatic carbocycles. The van der Waals surface area contributed by atoms with Crippen molar-refractivity contribution < 1.29 is 4.74 Å². The standard InChI is InChI=1S/C17H29NO/c1-5-6-16-7-9-17(10-8-16)19-15(4)13-18-12-11-14(2)3/h7-10,14-15,18H,5-6,11-13H2,1-4H3. The van der Waals surface area contributed by atoms with Crippen molar-refractivity contribution in [1.82, 2.24) is 5.32 Å². The van der Waals surface area contributed by atoms with Crippen LogP contribution in [0.5, 0.6) is 5.75 Å². The Morgan fingerprint density at radius 3 is 2.37 bits per heavy atom. The highest BCUT2D eigenvalue weighted by Crippen LogP contribution is 2.14. The summed E-state index contributed by atoms with van der Waals surface area (Å²) in [6, 6.07) is 8.49. The van der Waals surface area contributed by atoms with Crippen molar-refractivity contribution in [2.75, 3.05) is 13.1 Å². The van der Waals surface area contributed by atoms with Crippen LogP contribution in [0.15, 0.2) is 24.3 Å². The van der Waals surface area contributed by atoms with E-state index in [1.165, 1.54) is 18.4 Å². The van der Waals surface area contributed by atoms with Crippen LogP contribution < -0.4 is 10.1 Å². The van der Waals surface area contributed by atoms with Crippen molar-refractivity contribution in [2.45, 2.75) is 53.1 Å². The fraction of sp³-hybridized carbons (Fsp3) is 0.647. The topological polar surface area (TPSA) is 21.3 Å². The molecule has 0 aliphatic heterocycles. The molecular formula is C17H29NO. The van der Waals surface area contributed by atoms with Crippen molar-refractivity contribution >= 4 is 0 Å². The largest absolute Gasteiger partial charge is 0.489 e. The van der Waals surface area contributed by atoms with Crippen LogP contribution in [0.1, 0.15) is 46.1 Å². The molecule has 0 aliphatic carbocycles. The van der Waals surface area contributed by atoms with E-state index in [1.54, 1.807) is 0 Å². The molecule has 0 aromatic heterocycles. The Morgan fingerprint density at radius 1 is 1.11 bits per heavy atom. The summed E-state index contributed by atoms with van der Waals surface area (Å²) >= 11 is 0. The molecule has 1 unspecified atom stereocenters. The molecule has 19 heavy (non-hydrogen) atoms. The minimum Gasteiger partial charge on any atom is -0.489 e. The highest BCUT2D eigenvalue weighted by atomic mass is 16.5. The average Bonchev–Trinajstić information content (AvgIpc) is 2.37. The van der Waals surface area contributed by atoms with E-state index >= 15 is 0 Å². The fourth-order valence-electron chi connectivity index (χ4n) is 1.99. The number of benzene rings is 1. The maximum atomic E-state index is 5.89. The zero-order valence-electron chi connectivity index (χ0n) is 12.9. The Balaban J connectivity index is 2.25. The summed E-state index contributed by atoms with van der Waals surface area (Å²) < 4.78 is 5.89. The number of aryl methyl sites for hydroxylation is 1. The van der Waals surface area contributed by atoms with Gasteiger partial charge in [0.1, 0.15) is 11.9 Å². The minimum absolute atomic E-state index is 0.212. The SMILES string of the molecule is CCCc1ccc(OC(C)CNCCC(C)C)cc1. The normalized spacial score (nSPS) is 12.7. The summed E-state index contributed by atoms with van der Waals surface area (Å²) in [6.45, 7) is 10.8. The van der Waals surface area contributed by atoms with Gasteiger partial charge in [-0.25, -0.2) is 0 Å². The second-order valence-electron chi connectivity index (χ2n) is 5.71. The van der Waals surface area contributed by atoms with Gasteiger partial charge in [0.05, 0.1) is 0 Å². The lowest BCUT2D eigenvalue weighted by Crippen LogP contribution is -2.30. The predicted molar refractivity (Wildman–Crippen MR) is 82.9 cm³/mol. The zero-order chi connectivity index (χ0) is 14.1. The average molecular weight is 263 g/mol. The first-order chi connectivity index (χ1) is 9.11. The van der Waals surface area contributed by atoms with Crippen LogP contribution in [0.25, 0.3) is 0 Å². The van der Waals surface area contributed by atoms with Gasteiger partial charge in [0, 0.05) is 6.54 Å². The van der Waals surface area contributed by atoms with Crippen molar-refractivity contribution in [2.24, 2.45) is 5.92 Å². The van der Waals surface area contributed by atoms with Gasteiger partial charge in [0.25, 0.3) is 0 Å². The Kier molecular flexibility index (Phi) is 7.57. The van der Waals surface area contributed by atoms with Crippen LogP contribution >= 0.6 is 0 Å². The molecule has 0 spiro atoms. The lowest BCUT2D eigenvalue weighted by atomic mass is 10.1.